The lowest BCUT2D eigenvalue weighted by atomic mass is 10.1. The van der Waals surface area contributed by atoms with E-state index in [-0.39, 0.29) is 29.4 Å². The summed E-state index contributed by atoms with van der Waals surface area (Å²) in [5, 5.41) is 24.7. The van der Waals surface area contributed by atoms with E-state index in [2.05, 4.69) is 29.0 Å². The van der Waals surface area contributed by atoms with E-state index in [0.29, 0.717) is 22.5 Å². The van der Waals surface area contributed by atoms with Crippen LogP contribution >= 0.6 is 23.2 Å². The van der Waals surface area contributed by atoms with E-state index < -0.39 is 6.10 Å². The zero-order valence-electron chi connectivity index (χ0n) is 17.5. The summed E-state index contributed by atoms with van der Waals surface area (Å²) in [6.07, 6.45) is 0.556. The van der Waals surface area contributed by atoms with E-state index in [1.54, 1.807) is 18.2 Å². The highest BCUT2D eigenvalue weighted by molar-refractivity contribution is 6.42. The maximum Gasteiger partial charge on any atom is 0.261 e. The summed E-state index contributed by atoms with van der Waals surface area (Å²) >= 11 is 12.0. The maximum absolute atomic E-state index is 12.7. The van der Waals surface area contributed by atoms with Crippen LogP contribution in [0.5, 0.6) is 5.75 Å². The first-order valence-corrected chi connectivity index (χ1v) is 10.9. The molecule has 0 radical (unpaired) electrons. The van der Waals surface area contributed by atoms with Crippen LogP contribution in [-0.4, -0.2) is 50.4 Å². The van der Waals surface area contributed by atoms with Crippen LogP contribution in [0, 0.1) is 0 Å². The van der Waals surface area contributed by atoms with Gasteiger partial charge in [-0.3, -0.25) is 14.3 Å². The van der Waals surface area contributed by atoms with Crippen molar-refractivity contribution in [3.05, 3.63) is 62.6 Å². The zero-order valence-corrected chi connectivity index (χ0v) is 19.0. The second kappa shape index (κ2) is 10.3. The molecule has 0 aliphatic carbocycles. The lowest BCUT2D eigenvalue weighted by Crippen LogP contribution is -2.31. The minimum absolute atomic E-state index is 0.0689. The first-order chi connectivity index (χ1) is 14.8. The number of aliphatic hydroxyl groups excluding tert-OH is 1. The number of anilines is 1. The molecule has 0 aliphatic heterocycles. The second-order valence-corrected chi connectivity index (χ2v) is 8.14. The number of halogens is 2. The fourth-order valence-corrected chi connectivity index (χ4v) is 3.64. The Bertz CT molecular complexity index is 1120. The number of phenols is 1. The number of aromatic nitrogens is 2. The average Bonchev–Trinajstić information content (AvgIpc) is 2.75. The summed E-state index contributed by atoms with van der Waals surface area (Å²) in [5.74, 6) is 0.241. The quantitative estimate of drug-likeness (QED) is 0.418. The van der Waals surface area contributed by atoms with Gasteiger partial charge in [0.2, 0.25) is 0 Å². The van der Waals surface area contributed by atoms with Gasteiger partial charge in [-0.05, 0) is 43.4 Å². The van der Waals surface area contributed by atoms with Crippen molar-refractivity contribution in [3.8, 4) is 5.75 Å². The summed E-state index contributed by atoms with van der Waals surface area (Å²) in [5.41, 5.74) is 1.75. The maximum atomic E-state index is 12.7. The average molecular weight is 465 g/mol. The van der Waals surface area contributed by atoms with Crippen molar-refractivity contribution in [2.75, 3.05) is 25.0 Å². The van der Waals surface area contributed by atoms with Crippen LogP contribution in [0.15, 0.2) is 41.5 Å². The Morgan fingerprint density at radius 2 is 1.87 bits per heavy atom. The number of nitrogens with zero attached hydrogens (tertiary/aromatic N) is 3. The number of hydrogen-bond donors (Lipinski definition) is 3. The highest BCUT2D eigenvalue weighted by atomic mass is 35.5. The highest BCUT2D eigenvalue weighted by Crippen LogP contribution is 2.25. The van der Waals surface area contributed by atoms with Gasteiger partial charge in [-0.2, -0.15) is 0 Å². The van der Waals surface area contributed by atoms with Crippen molar-refractivity contribution in [1.29, 1.82) is 0 Å². The van der Waals surface area contributed by atoms with Crippen LogP contribution in [-0.2, 0) is 13.1 Å². The first kappa shape index (κ1) is 23.3. The van der Waals surface area contributed by atoms with Gasteiger partial charge < -0.3 is 15.5 Å². The molecule has 9 heteroatoms. The Balaban J connectivity index is 1.68. The van der Waals surface area contributed by atoms with Crippen LogP contribution in [0.1, 0.15) is 19.4 Å². The van der Waals surface area contributed by atoms with Gasteiger partial charge in [0.25, 0.3) is 5.56 Å². The predicted octanol–water partition coefficient (Wildman–Crippen LogP) is 3.72. The molecule has 3 N–H and O–H groups in total. The molecule has 0 bridgehead atoms. The third-order valence-electron chi connectivity index (χ3n) is 5.18. The van der Waals surface area contributed by atoms with E-state index in [4.69, 9.17) is 23.2 Å². The van der Waals surface area contributed by atoms with Gasteiger partial charge >= 0.3 is 0 Å². The van der Waals surface area contributed by atoms with Crippen molar-refractivity contribution >= 4 is 39.8 Å². The fraction of sp³-hybridized carbons (Fsp3) is 0.364. The third kappa shape index (κ3) is 5.68. The highest BCUT2D eigenvalue weighted by Gasteiger charge is 2.12. The van der Waals surface area contributed by atoms with Crippen molar-refractivity contribution in [3.63, 3.8) is 0 Å². The normalized spacial score (nSPS) is 12.5. The monoisotopic (exact) mass is 464 g/mol. The molecular formula is C22H26Cl2N4O3. The molecule has 0 unspecified atom stereocenters. The number of aliphatic hydroxyl groups is 1. The lowest BCUT2D eigenvalue weighted by Gasteiger charge is -2.20. The third-order valence-corrected chi connectivity index (χ3v) is 5.91. The molecule has 1 atom stereocenters. The molecule has 0 fully saturated rings. The van der Waals surface area contributed by atoms with Gasteiger partial charge in [-0.15, -0.1) is 0 Å². The van der Waals surface area contributed by atoms with Gasteiger partial charge in [-0.1, -0.05) is 37.0 Å². The summed E-state index contributed by atoms with van der Waals surface area (Å²) in [7, 11) is 0. The van der Waals surface area contributed by atoms with Gasteiger partial charge in [0.05, 0.1) is 39.9 Å². The number of rotatable bonds is 9. The Morgan fingerprint density at radius 3 is 2.58 bits per heavy atom. The summed E-state index contributed by atoms with van der Waals surface area (Å²) in [4.78, 5) is 19.1. The predicted molar refractivity (Wildman–Crippen MR) is 125 cm³/mol. The lowest BCUT2D eigenvalue weighted by molar-refractivity contribution is 0.165. The molecule has 2 aromatic carbocycles. The number of fused-ring (bicyclic) bond motifs is 1. The molecule has 3 aromatic rings. The SMILES string of the molecule is CCN(CC)Cc1cc(NC[C@@H](O)Cn2cnc3cc(Cl)c(Cl)cc3c2=O)ccc1O. The smallest absolute Gasteiger partial charge is 0.261 e. The molecule has 31 heavy (non-hydrogen) atoms. The summed E-state index contributed by atoms with van der Waals surface area (Å²) < 4.78 is 1.35. The van der Waals surface area contributed by atoms with Crippen molar-refractivity contribution < 1.29 is 10.2 Å². The van der Waals surface area contributed by atoms with Crippen LogP contribution in [0.4, 0.5) is 5.69 Å². The van der Waals surface area contributed by atoms with Crippen LogP contribution in [0.3, 0.4) is 0 Å². The largest absolute Gasteiger partial charge is 0.508 e. The molecule has 0 saturated carbocycles. The number of aromatic hydroxyl groups is 1. The molecule has 1 aromatic heterocycles. The minimum Gasteiger partial charge on any atom is -0.508 e. The van der Waals surface area contributed by atoms with Crippen LogP contribution in [0.25, 0.3) is 10.9 Å². The van der Waals surface area contributed by atoms with E-state index in [9.17, 15) is 15.0 Å². The molecule has 0 spiro atoms. The first-order valence-electron chi connectivity index (χ1n) is 10.1. The molecule has 7 nitrogen and oxygen atoms in total. The molecule has 166 valence electrons. The standard InChI is InChI=1S/C22H26Cl2N4O3/c1-3-27(4-2)11-14-7-15(5-6-21(14)30)25-10-16(29)12-28-13-26-20-9-19(24)18(23)8-17(20)22(28)31/h5-9,13,16,25,29-30H,3-4,10-12H2,1-2H3/t16-/m1/s1. The van der Waals surface area contributed by atoms with Gasteiger partial charge in [0.15, 0.2) is 0 Å². The van der Waals surface area contributed by atoms with Crippen molar-refractivity contribution in [2.24, 2.45) is 0 Å². The van der Waals surface area contributed by atoms with Crippen molar-refractivity contribution in [1.82, 2.24) is 14.5 Å². The van der Waals surface area contributed by atoms with E-state index in [0.717, 1.165) is 24.3 Å². The number of nitrogens with one attached hydrogen (secondary N) is 1. The Morgan fingerprint density at radius 1 is 1.16 bits per heavy atom. The van der Waals surface area contributed by atoms with Crippen molar-refractivity contribution in [2.45, 2.75) is 33.0 Å². The van der Waals surface area contributed by atoms with Gasteiger partial charge in [0, 0.05) is 24.3 Å². The minimum atomic E-state index is -0.834. The van der Waals surface area contributed by atoms with E-state index in [1.165, 1.54) is 17.0 Å². The molecule has 0 saturated heterocycles. The molecule has 1 heterocycles. The van der Waals surface area contributed by atoms with E-state index in [1.807, 2.05) is 6.07 Å². The zero-order chi connectivity index (χ0) is 22.5. The Labute approximate surface area is 190 Å². The number of hydrogen-bond acceptors (Lipinski definition) is 6. The Hall–Kier alpha value is -2.32. The van der Waals surface area contributed by atoms with Crippen LogP contribution < -0.4 is 10.9 Å². The van der Waals surface area contributed by atoms with Gasteiger partial charge in [-0.25, -0.2) is 4.98 Å². The van der Waals surface area contributed by atoms with Gasteiger partial charge in [0.1, 0.15) is 5.75 Å². The number of phenolic OH excluding ortho intramolecular Hbond substituents is 1. The fourth-order valence-electron chi connectivity index (χ4n) is 3.32. The molecule has 0 aliphatic rings. The molecule has 0 amide bonds. The summed E-state index contributed by atoms with van der Waals surface area (Å²) in [6, 6.07) is 8.30. The molecule has 3 rings (SSSR count). The molecular weight excluding hydrogens is 439 g/mol. The van der Waals surface area contributed by atoms with E-state index >= 15 is 0 Å². The Kier molecular flexibility index (Phi) is 7.78. The van der Waals surface area contributed by atoms with Crippen LogP contribution in [0.2, 0.25) is 10.0 Å². The topological polar surface area (TPSA) is 90.6 Å². The number of benzene rings is 2. The second-order valence-electron chi connectivity index (χ2n) is 7.33. The summed E-state index contributed by atoms with van der Waals surface area (Å²) in [6.45, 7) is 6.86.